The monoisotopic (exact) mass is 353 g/mol. The second kappa shape index (κ2) is 5.49. The van der Waals surface area contributed by atoms with Crippen molar-refractivity contribution in [3.63, 3.8) is 0 Å². The van der Waals surface area contributed by atoms with Crippen LogP contribution in [0.25, 0.3) is 0 Å². The predicted molar refractivity (Wildman–Crippen MR) is 82.1 cm³/mol. The number of nitrogens with zero attached hydrogens (tertiary/aromatic N) is 3. The third kappa shape index (κ3) is 2.83. The lowest BCUT2D eigenvalue weighted by Crippen LogP contribution is -2.26. The SMILES string of the molecule is O=[N+]([O-])c1cc(Br)cnc1N(Cc1cccs1)C1CC1. The summed E-state index contributed by atoms with van der Waals surface area (Å²) in [5.74, 6) is 0.467. The molecule has 0 bridgehead atoms. The molecule has 104 valence electrons. The molecule has 0 aromatic carbocycles. The van der Waals surface area contributed by atoms with Gasteiger partial charge in [0.15, 0.2) is 0 Å². The van der Waals surface area contributed by atoms with Crippen LogP contribution in [0.1, 0.15) is 17.7 Å². The lowest BCUT2D eigenvalue weighted by Gasteiger charge is -2.22. The number of nitro groups is 1. The van der Waals surface area contributed by atoms with Crippen LogP contribution < -0.4 is 4.90 Å². The summed E-state index contributed by atoms with van der Waals surface area (Å²) in [6.45, 7) is 0.678. The van der Waals surface area contributed by atoms with Crippen molar-refractivity contribution >= 4 is 38.8 Å². The van der Waals surface area contributed by atoms with Crippen LogP contribution in [-0.4, -0.2) is 15.9 Å². The maximum absolute atomic E-state index is 11.2. The van der Waals surface area contributed by atoms with Crippen molar-refractivity contribution in [2.45, 2.75) is 25.4 Å². The molecule has 20 heavy (non-hydrogen) atoms. The van der Waals surface area contributed by atoms with Crippen LogP contribution in [0.5, 0.6) is 0 Å². The Labute approximate surface area is 128 Å². The first-order chi connectivity index (χ1) is 9.65. The number of aromatic nitrogens is 1. The molecule has 5 nitrogen and oxygen atoms in total. The first-order valence-corrected chi connectivity index (χ1v) is 7.91. The van der Waals surface area contributed by atoms with Crippen molar-refractivity contribution in [1.82, 2.24) is 4.98 Å². The molecule has 0 aliphatic heterocycles. The lowest BCUT2D eigenvalue weighted by molar-refractivity contribution is -0.384. The molecule has 0 atom stereocenters. The first kappa shape index (κ1) is 13.5. The van der Waals surface area contributed by atoms with Gasteiger partial charge in [-0.2, -0.15) is 0 Å². The minimum absolute atomic E-state index is 0.0582. The summed E-state index contributed by atoms with van der Waals surface area (Å²) in [4.78, 5) is 18.4. The fraction of sp³-hybridized carbons (Fsp3) is 0.308. The van der Waals surface area contributed by atoms with E-state index < -0.39 is 0 Å². The average molecular weight is 354 g/mol. The highest BCUT2D eigenvalue weighted by molar-refractivity contribution is 9.10. The third-order valence-corrected chi connectivity index (χ3v) is 4.47. The molecule has 0 radical (unpaired) electrons. The number of hydrogen-bond donors (Lipinski definition) is 0. The van der Waals surface area contributed by atoms with E-state index in [1.165, 1.54) is 10.9 Å². The second-order valence-corrected chi connectivity index (χ2v) is 6.64. The van der Waals surface area contributed by atoms with Gasteiger partial charge in [0.2, 0.25) is 5.82 Å². The van der Waals surface area contributed by atoms with Crippen molar-refractivity contribution in [2.24, 2.45) is 0 Å². The van der Waals surface area contributed by atoms with E-state index in [-0.39, 0.29) is 10.6 Å². The molecular formula is C13H12BrN3O2S. The van der Waals surface area contributed by atoms with E-state index in [1.54, 1.807) is 17.5 Å². The summed E-state index contributed by atoms with van der Waals surface area (Å²) in [6.07, 6.45) is 3.76. The van der Waals surface area contributed by atoms with Crippen LogP contribution in [0.4, 0.5) is 11.5 Å². The van der Waals surface area contributed by atoms with Gasteiger partial charge in [-0.15, -0.1) is 11.3 Å². The lowest BCUT2D eigenvalue weighted by atomic mass is 10.3. The molecule has 2 aromatic heterocycles. The normalized spacial score (nSPS) is 14.2. The van der Waals surface area contributed by atoms with E-state index >= 15 is 0 Å². The molecule has 1 aliphatic rings. The van der Waals surface area contributed by atoms with E-state index in [2.05, 4.69) is 25.8 Å². The zero-order valence-corrected chi connectivity index (χ0v) is 12.9. The summed E-state index contributed by atoms with van der Waals surface area (Å²) >= 11 is 4.90. The molecule has 1 aliphatic carbocycles. The van der Waals surface area contributed by atoms with Gasteiger partial charge in [0, 0.05) is 27.7 Å². The standard InChI is InChI=1S/C13H12BrN3O2S/c14-9-6-12(17(18)19)13(15-7-9)16(10-3-4-10)8-11-2-1-5-20-11/h1-2,5-7,10H,3-4,8H2. The molecule has 0 unspecified atom stereocenters. The van der Waals surface area contributed by atoms with E-state index in [0.29, 0.717) is 22.9 Å². The van der Waals surface area contributed by atoms with Gasteiger partial charge in [0.05, 0.1) is 11.5 Å². The molecule has 2 aromatic rings. The number of anilines is 1. The maximum Gasteiger partial charge on any atom is 0.312 e. The molecule has 7 heteroatoms. The molecule has 2 heterocycles. The van der Waals surface area contributed by atoms with Gasteiger partial charge in [0.25, 0.3) is 0 Å². The zero-order valence-electron chi connectivity index (χ0n) is 10.5. The Morgan fingerprint density at radius 2 is 2.35 bits per heavy atom. The predicted octanol–water partition coefficient (Wildman–Crippen LogP) is 3.98. The van der Waals surface area contributed by atoms with Crippen molar-refractivity contribution in [3.8, 4) is 0 Å². The molecule has 0 amide bonds. The van der Waals surface area contributed by atoms with E-state index in [0.717, 1.165) is 12.8 Å². The summed E-state index contributed by atoms with van der Waals surface area (Å²) in [7, 11) is 0. The summed E-state index contributed by atoms with van der Waals surface area (Å²) in [5, 5.41) is 13.3. The van der Waals surface area contributed by atoms with Gasteiger partial charge in [-0.25, -0.2) is 4.98 Å². The fourth-order valence-corrected chi connectivity index (χ4v) is 3.13. The van der Waals surface area contributed by atoms with Crippen molar-refractivity contribution < 1.29 is 4.92 Å². The van der Waals surface area contributed by atoms with Gasteiger partial charge < -0.3 is 4.90 Å². The molecule has 0 N–H and O–H groups in total. The van der Waals surface area contributed by atoms with Gasteiger partial charge in [-0.05, 0) is 40.2 Å². The van der Waals surface area contributed by atoms with Crippen molar-refractivity contribution in [2.75, 3.05) is 4.90 Å². The Bertz CT molecular complexity index is 629. The summed E-state index contributed by atoms with van der Waals surface area (Å²) < 4.78 is 0.625. The van der Waals surface area contributed by atoms with E-state index in [9.17, 15) is 10.1 Å². The van der Waals surface area contributed by atoms with Crippen molar-refractivity contribution in [3.05, 3.63) is 49.2 Å². The maximum atomic E-state index is 11.2. The highest BCUT2D eigenvalue weighted by Gasteiger charge is 2.34. The topological polar surface area (TPSA) is 59.3 Å². The van der Waals surface area contributed by atoms with Crippen LogP contribution in [0.15, 0.2) is 34.2 Å². The molecule has 3 rings (SSSR count). The van der Waals surface area contributed by atoms with Crippen molar-refractivity contribution in [1.29, 1.82) is 0 Å². The van der Waals surface area contributed by atoms with Crippen LogP contribution >= 0.6 is 27.3 Å². The summed E-state index contributed by atoms with van der Waals surface area (Å²) in [5.41, 5.74) is 0.0582. The van der Waals surface area contributed by atoms with E-state index in [4.69, 9.17) is 0 Å². The van der Waals surface area contributed by atoms with Gasteiger partial charge in [0.1, 0.15) is 0 Å². The molecule has 1 fully saturated rings. The number of thiophene rings is 1. The third-order valence-electron chi connectivity index (χ3n) is 3.18. The highest BCUT2D eigenvalue weighted by atomic mass is 79.9. The number of rotatable bonds is 5. The van der Waals surface area contributed by atoms with Gasteiger partial charge in [-0.1, -0.05) is 6.07 Å². The molecule has 0 saturated heterocycles. The minimum atomic E-state index is -0.364. The van der Waals surface area contributed by atoms with Crippen LogP contribution in [-0.2, 0) is 6.54 Å². The van der Waals surface area contributed by atoms with Crippen LogP contribution in [0, 0.1) is 10.1 Å². The Kier molecular flexibility index (Phi) is 3.71. The quantitative estimate of drug-likeness (QED) is 0.602. The highest BCUT2D eigenvalue weighted by Crippen LogP contribution is 2.37. The smallest absolute Gasteiger partial charge is 0.312 e. The minimum Gasteiger partial charge on any atom is -0.343 e. The molecular weight excluding hydrogens is 342 g/mol. The average Bonchev–Trinajstić information content (AvgIpc) is 3.13. The Morgan fingerprint density at radius 3 is 2.95 bits per heavy atom. The Hall–Kier alpha value is -1.47. The fourth-order valence-electron chi connectivity index (χ4n) is 2.11. The Balaban J connectivity index is 1.97. The van der Waals surface area contributed by atoms with Crippen LogP contribution in [0.2, 0.25) is 0 Å². The summed E-state index contributed by atoms with van der Waals surface area (Å²) in [6, 6.07) is 5.93. The molecule has 0 spiro atoms. The molecule has 1 saturated carbocycles. The number of pyridine rings is 1. The van der Waals surface area contributed by atoms with Crippen LogP contribution in [0.3, 0.4) is 0 Å². The number of halogens is 1. The first-order valence-electron chi connectivity index (χ1n) is 6.24. The zero-order chi connectivity index (χ0) is 14.1. The largest absolute Gasteiger partial charge is 0.343 e. The Morgan fingerprint density at radius 1 is 1.55 bits per heavy atom. The van der Waals surface area contributed by atoms with Gasteiger partial charge in [-0.3, -0.25) is 10.1 Å². The second-order valence-electron chi connectivity index (χ2n) is 4.69. The number of hydrogen-bond acceptors (Lipinski definition) is 5. The van der Waals surface area contributed by atoms with E-state index in [1.807, 2.05) is 17.5 Å². The van der Waals surface area contributed by atoms with Gasteiger partial charge >= 0.3 is 5.69 Å².